The maximum Gasteiger partial charge on any atom is 0.245 e. The van der Waals surface area contributed by atoms with E-state index >= 15 is 0 Å². The summed E-state index contributed by atoms with van der Waals surface area (Å²) >= 11 is 11.4. The number of aromatic nitrogens is 3. The van der Waals surface area contributed by atoms with Gasteiger partial charge in [0, 0.05) is 13.1 Å². The summed E-state index contributed by atoms with van der Waals surface area (Å²) in [5.41, 5.74) is 0. The van der Waals surface area contributed by atoms with Gasteiger partial charge in [0.05, 0.1) is 0 Å². The smallest absolute Gasteiger partial charge is 0.245 e. The van der Waals surface area contributed by atoms with Crippen molar-refractivity contribution in [1.29, 1.82) is 0 Å². The van der Waals surface area contributed by atoms with Gasteiger partial charge in [-0.3, -0.25) is 0 Å². The molecule has 0 aliphatic rings. The van der Waals surface area contributed by atoms with Crippen LogP contribution in [0.3, 0.4) is 0 Å². The van der Waals surface area contributed by atoms with Crippen LogP contribution in [0.25, 0.3) is 0 Å². The average Bonchev–Trinajstić information content (AvgIpc) is 2.13. The van der Waals surface area contributed by atoms with Crippen molar-refractivity contribution in [3.8, 4) is 0 Å². The minimum atomic E-state index is 0.117. The lowest BCUT2D eigenvalue weighted by molar-refractivity contribution is 0.824. The van der Waals surface area contributed by atoms with Crippen LogP contribution in [-0.4, -0.2) is 28.3 Å². The van der Waals surface area contributed by atoms with E-state index in [1.54, 1.807) is 0 Å². The monoisotopic (exact) mass is 220 g/mol. The summed E-state index contributed by atoms with van der Waals surface area (Å²) < 4.78 is 0. The number of hydrogen-bond donors (Lipinski definition) is 0. The third kappa shape index (κ3) is 2.42. The van der Waals surface area contributed by atoms with Crippen molar-refractivity contribution in [3.05, 3.63) is 10.4 Å². The first kappa shape index (κ1) is 10.5. The Balaban J connectivity index is 3.03. The molecule has 0 unspecified atom stereocenters. The van der Waals surface area contributed by atoms with Crippen LogP contribution in [0.5, 0.6) is 0 Å². The molecule has 0 aliphatic heterocycles. The molecule has 1 aromatic rings. The van der Waals surface area contributed by atoms with E-state index in [0.717, 1.165) is 13.1 Å². The first-order valence-electron chi connectivity index (χ1n) is 3.99. The molecule has 72 valence electrons. The number of nitrogens with zero attached hydrogens (tertiary/aromatic N) is 4. The van der Waals surface area contributed by atoms with Gasteiger partial charge in [-0.15, -0.1) is 10.2 Å². The van der Waals surface area contributed by atoms with E-state index in [2.05, 4.69) is 15.2 Å². The van der Waals surface area contributed by atoms with Crippen LogP contribution < -0.4 is 4.90 Å². The van der Waals surface area contributed by atoms with Gasteiger partial charge in [0.2, 0.25) is 5.28 Å². The second-order valence-electron chi connectivity index (χ2n) is 2.37. The molecular formula is C7H10Cl2N4. The molecule has 0 N–H and O–H groups in total. The molecule has 0 bridgehead atoms. The van der Waals surface area contributed by atoms with Crippen molar-refractivity contribution in [3.63, 3.8) is 0 Å². The summed E-state index contributed by atoms with van der Waals surface area (Å²) in [5, 5.41) is 7.61. The van der Waals surface area contributed by atoms with Gasteiger partial charge in [-0.25, -0.2) is 0 Å². The highest BCUT2D eigenvalue weighted by atomic mass is 35.5. The van der Waals surface area contributed by atoms with E-state index in [9.17, 15) is 0 Å². The van der Waals surface area contributed by atoms with Gasteiger partial charge in [-0.1, -0.05) is 11.6 Å². The van der Waals surface area contributed by atoms with Gasteiger partial charge >= 0.3 is 0 Å². The summed E-state index contributed by atoms with van der Waals surface area (Å²) in [6.07, 6.45) is 0. The van der Waals surface area contributed by atoms with Gasteiger partial charge in [0.1, 0.15) is 0 Å². The fourth-order valence-electron chi connectivity index (χ4n) is 1.01. The lowest BCUT2D eigenvalue weighted by Crippen LogP contribution is -2.23. The largest absolute Gasteiger partial charge is 0.354 e. The SMILES string of the molecule is CCN(CC)c1nc(Cl)nnc1Cl. The molecule has 6 heteroatoms. The Morgan fingerprint density at radius 2 is 1.77 bits per heavy atom. The quantitative estimate of drug-likeness (QED) is 0.782. The third-order valence-electron chi connectivity index (χ3n) is 1.67. The summed E-state index contributed by atoms with van der Waals surface area (Å²) in [6, 6.07) is 0. The Morgan fingerprint density at radius 1 is 1.15 bits per heavy atom. The molecule has 0 aliphatic carbocycles. The Hall–Kier alpha value is -0.610. The standard InChI is InChI=1S/C7H10Cl2N4/c1-3-13(4-2)6-5(8)11-12-7(9)10-6/h3-4H2,1-2H3. The highest BCUT2D eigenvalue weighted by Crippen LogP contribution is 2.20. The Bertz CT molecular complexity index is 288. The Labute approximate surface area is 86.9 Å². The van der Waals surface area contributed by atoms with Gasteiger partial charge in [-0.2, -0.15) is 4.98 Å². The number of halogens is 2. The summed E-state index contributed by atoms with van der Waals surface area (Å²) in [6.45, 7) is 5.64. The van der Waals surface area contributed by atoms with E-state index in [1.165, 1.54) is 0 Å². The fraction of sp³-hybridized carbons (Fsp3) is 0.571. The van der Waals surface area contributed by atoms with E-state index in [4.69, 9.17) is 23.2 Å². The minimum Gasteiger partial charge on any atom is -0.354 e. The molecule has 1 heterocycles. The number of rotatable bonds is 3. The average molecular weight is 221 g/mol. The zero-order valence-electron chi connectivity index (χ0n) is 7.46. The molecule has 1 aromatic heterocycles. The van der Waals surface area contributed by atoms with Crippen molar-refractivity contribution < 1.29 is 0 Å². The Kier molecular flexibility index (Phi) is 3.69. The van der Waals surface area contributed by atoms with Gasteiger partial charge in [-0.05, 0) is 25.4 Å². The van der Waals surface area contributed by atoms with Crippen LogP contribution in [0.15, 0.2) is 0 Å². The Morgan fingerprint density at radius 3 is 2.31 bits per heavy atom. The van der Waals surface area contributed by atoms with Crippen LogP contribution >= 0.6 is 23.2 Å². The molecule has 4 nitrogen and oxygen atoms in total. The number of hydrogen-bond acceptors (Lipinski definition) is 4. The van der Waals surface area contributed by atoms with Crippen molar-refractivity contribution >= 4 is 29.0 Å². The van der Waals surface area contributed by atoms with Gasteiger partial charge in [0.15, 0.2) is 11.0 Å². The molecule has 0 atom stereocenters. The lowest BCUT2D eigenvalue weighted by atomic mass is 10.5. The van der Waals surface area contributed by atoms with Crippen LogP contribution in [0.4, 0.5) is 5.82 Å². The molecule has 0 radical (unpaired) electrons. The molecule has 0 amide bonds. The molecule has 0 saturated carbocycles. The van der Waals surface area contributed by atoms with Gasteiger partial charge < -0.3 is 4.90 Å². The molecule has 0 saturated heterocycles. The summed E-state index contributed by atoms with van der Waals surface area (Å²) in [5.74, 6) is 0.590. The fourth-order valence-corrected chi connectivity index (χ4v) is 1.33. The highest BCUT2D eigenvalue weighted by Gasteiger charge is 2.11. The maximum absolute atomic E-state index is 5.81. The predicted molar refractivity (Wildman–Crippen MR) is 53.4 cm³/mol. The van der Waals surface area contributed by atoms with E-state index in [0.29, 0.717) is 5.82 Å². The first-order valence-corrected chi connectivity index (χ1v) is 4.75. The number of anilines is 1. The van der Waals surface area contributed by atoms with Crippen molar-refractivity contribution in [2.24, 2.45) is 0 Å². The third-order valence-corrected chi connectivity index (χ3v) is 2.07. The molecule has 13 heavy (non-hydrogen) atoms. The van der Waals surface area contributed by atoms with E-state index in [1.807, 2.05) is 18.7 Å². The predicted octanol–water partition coefficient (Wildman–Crippen LogP) is 2.02. The van der Waals surface area contributed by atoms with Crippen molar-refractivity contribution in [2.75, 3.05) is 18.0 Å². The zero-order chi connectivity index (χ0) is 9.84. The van der Waals surface area contributed by atoms with Crippen molar-refractivity contribution in [1.82, 2.24) is 15.2 Å². The van der Waals surface area contributed by atoms with E-state index in [-0.39, 0.29) is 10.4 Å². The molecular weight excluding hydrogens is 211 g/mol. The van der Waals surface area contributed by atoms with Crippen LogP contribution in [-0.2, 0) is 0 Å². The molecule has 0 aromatic carbocycles. The molecule has 1 rings (SSSR count). The topological polar surface area (TPSA) is 41.9 Å². The maximum atomic E-state index is 5.81. The highest BCUT2D eigenvalue weighted by molar-refractivity contribution is 6.32. The summed E-state index contributed by atoms with van der Waals surface area (Å²) in [4.78, 5) is 5.96. The zero-order valence-corrected chi connectivity index (χ0v) is 8.97. The second-order valence-corrected chi connectivity index (χ2v) is 3.06. The molecule has 0 spiro atoms. The minimum absolute atomic E-state index is 0.117. The van der Waals surface area contributed by atoms with E-state index < -0.39 is 0 Å². The lowest BCUT2D eigenvalue weighted by Gasteiger charge is -2.19. The van der Waals surface area contributed by atoms with Crippen molar-refractivity contribution in [2.45, 2.75) is 13.8 Å². The summed E-state index contributed by atoms with van der Waals surface area (Å²) in [7, 11) is 0. The second kappa shape index (κ2) is 4.58. The van der Waals surface area contributed by atoms with Gasteiger partial charge in [0.25, 0.3) is 0 Å². The van der Waals surface area contributed by atoms with Crippen LogP contribution in [0, 0.1) is 0 Å². The first-order chi connectivity index (χ1) is 6.19. The van der Waals surface area contributed by atoms with Crippen LogP contribution in [0.2, 0.25) is 10.4 Å². The molecule has 0 fully saturated rings. The normalized spacial score (nSPS) is 10.2. The van der Waals surface area contributed by atoms with Crippen LogP contribution in [0.1, 0.15) is 13.8 Å².